The molecule has 0 amide bonds. The van der Waals surface area contributed by atoms with Crippen LogP contribution in [0.25, 0.3) is 0 Å². The molecule has 0 bridgehead atoms. The minimum absolute atomic E-state index is 0.0272. The average Bonchev–Trinajstić information content (AvgIpc) is 2.45. The van der Waals surface area contributed by atoms with E-state index in [1.165, 1.54) is 0 Å². The van der Waals surface area contributed by atoms with Gasteiger partial charge in [0.2, 0.25) is 0 Å². The highest BCUT2D eigenvalue weighted by molar-refractivity contribution is 7.85. The topological polar surface area (TPSA) is 43.4 Å². The van der Waals surface area contributed by atoms with Gasteiger partial charge in [-0.1, -0.05) is 53.0 Å². The smallest absolute Gasteiger partial charge is 0.264 e. The molecule has 0 unspecified atom stereocenters. The highest BCUT2D eigenvalue weighted by atomic mass is 35.5. The lowest BCUT2D eigenvalue weighted by atomic mass is 9.93. The molecule has 7 heteroatoms. The summed E-state index contributed by atoms with van der Waals surface area (Å²) < 4.78 is 27.6. The second-order valence-electron chi connectivity index (χ2n) is 5.18. The molecule has 2 rings (SSSR count). The van der Waals surface area contributed by atoms with Crippen LogP contribution in [-0.2, 0) is 20.7 Å². The molecule has 0 aliphatic rings. The molecule has 0 heterocycles. The SMILES string of the molecule is CS(=O)(=O)OC[C@H](Cc1ccc(Cl)cc1Cl)c1ccc(Cl)cc1. The molecule has 0 spiro atoms. The van der Waals surface area contributed by atoms with E-state index in [1.54, 1.807) is 24.3 Å². The van der Waals surface area contributed by atoms with Crippen LogP contribution >= 0.6 is 34.8 Å². The molecule has 2 aromatic rings. The van der Waals surface area contributed by atoms with Gasteiger partial charge in [-0.3, -0.25) is 4.18 Å². The van der Waals surface area contributed by atoms with Crippen molar-refractivity contribution in [2.45, 2.75) is 12.3 Å². The van der Waals surface area contributed by atoms with Crippen molar-refractivity contribution in [3.05, 3.63) is 68.7 Å². The molecule has 0 fully saturated rings. The molecule has 0 aromatic heterocycles. The van der Waals surface area contributed by atoms with Crippen molar-refractivity contribution < 1.29 is 12.6 Å². The van der Waals surface area contributed by atoms with Crippen molar-refractivity contribution in [3.63, 3.8) is 0 Å². The minimum Gasteiger partial charge on any atom is -0.270 e. The molecule has 2 aromatic carbocycles. The van der Waals surface area contributed by atoms with Gasteiger partial charge >= 0.3 is 0 Å². The maximum absolute atomic E-state index is 11.3. The molecular weight excluding hydrogens is 379 g/mol. The summed E-state index contributed by atoms with van der Waals surface area (Å²) in [6, 6.07) is 12.5. The van der Waals surface area contributed by atoms with Gasteiger partial charge < -0.3 is 0 Å². The molecule has 0 saturated heterocycles. The summed E-state index contributed by atoms with van der Waals surface area (Å²) in [4.78, 5) is 0. The molecule has 0 aliphatic heterocycles. The summed E-state index contributed by atoms with van der Waals surface area (Å²) in [5.74, 6) is -0.180. The lowest BCUT2D eigenvalue weighted by molar-refractivity contribution is 0.293. The Kier molecular flexibility index (Phi) is 6.34. The van der Waals surface area contributed by atoms with Crippen molar-refractivity contribution >= 4 is 44.9 Å². The Morgan fingerprint density at radius 1 is 1.00 bits per heavy atom. The highest BCUT2D eigenvalue weighted by Gasteiger charge is 2.17. The van der Waals surface area contributed by atoms with Gasteiger partial charge in [0.1, 0.15) is 0 Å². The fourth-order valence-electron chi connectivity index (χ4n) is 2.17. The van der Waals surface area contributed by atoms with E-state index in [1.807, 2.05) is 18.2 Å². The Morgan fingerprint density at radius 2 is 1.61 bits per heavy atom. The Balaban J connectivity index is 2.27. The van der Waals surface area contributed by atoms with Gasteiger partial charge in [-0.2, -0.15) is 8.42 Å². The summed E-state index contributed by atoms with van der Waals surface area (Å²) in [5.41, 5.74) is 1.79. The first-order valence-electron chi connectivity index (χ1n) is 6.78. The number of hydrogen-bond donors (Lipinski definition) is 0. The maximum Gasteiger partial charge on any atom is 0.264 e. The maximum atomic E-state index is 11.3. The summed E-state index contributed by atoms with van der Waals surface area (Å²) in [6.07, 6.45) is 1.55. The predicted octanol–water partition coefficient (Wildman–Crippen LogP) is 4.95. The van der Waals surface area contributed by atoms with Crippen LogP contribution in [0.5, 0.6) is 0 Å². The minimum atomic E-state index is -3.52. The molecule has 124 valence electrons. The third kappa shape index (κ3) is 5.98. The van der Waals surface area contributed by atoms with Gasteiger partial charge in [0.15, 0.2) is 0 Å². The van der Waals surface area contributed by atoms with Gasteiger partial charge in [0.05, 0.1) is 12.9 Å². The molecule has 23 heavy (non-hydrogen) atoms. The van der Waals surface area contributed by atoms with Crippen LogP contribution in [0.3, 0.4) is 0 Å². The summed E-state index contributed by atoms with van der Waals surface area (Å²) >= 11 is 18.0. The molecule has 1 atom stereocenters. The van der Waals surface area contributed by atoms with Crippen LogP contribution in [0.2, 0.25) is 15.1 Å². The third-order valence-electron chi connectivity index (χ3n) is 3.31. The van der Waals surface area contributed by atoms with Crippen LogP contribution in [0.15, 0.2) is 42.5 Å². The summed E-state index contributed by atoms with van der Waals surface area (Å²) in [7, 11) is -3.52. The number of rotatable bonds is 6. The molecule has 0 aliphatic carbocycles. The van der Waals surface area contributed by atoms with Gasteiger partial charge in [-0.05, 0) is 41.8 Å². The Bertz CT molecular complexity index is 774. The molecular formula is C16H15Cl3O3S. The zero-order chi connectivity index (χ0) is 17.0. The second kappa shape index (κ2) is 7.86. The first kappa shape index (κ1) is 18.6. The van der Waals surface area contributed by atoms with E-state index in [-0.39, 0.29) is 12.5 Å². The van der Waals surface area contributed by atoms with E-state index in [9.17, 15) is 8.42 Å². The van der Waals surface area contributed by atoms with Crippen LogP contribution in [0.4, 0.5) is 0 Å². The van der Waals surface area contributed by atoms with Crippen molar-refractivity contribution in [2.24, 2.45) is 0 Å². The van der Waals surface area contributed by atoms with E-state index in [0.29, 0.717) is 21.5 Å². The first-order valence-corrected chi connectivity index (χ1v) is 9.73. The number of benzene rings is 2. The molecule has 0 saturated carbocycles. The van der Waals surface area contributed by atoms with Crippen molar-refractivity contribution in [1.29, 1.82) is 0 Å². The quantitative estimate of drug-likeness (QED) is 0.652. The van der Waals surface area contributed by atoms with Gasteiger partial charge in [0.25, 0.3) is 10.1 Å². The molecule has 3 nitrogen and oxygen atoms in total. The standard InChI is InChI=1S/C16H15Cl3O3S/c1-23(20,21)22-10-13(11-2-5-14(17)6-3-11)8-12-4-7-15(18)9-16(12)19/h2-7,9,13H,8,10H2,1H3/t13-/m0/s1. The van der Waals surface area contributed by atoms with Crippen LogP contribution in [-0.4, -0.2) is 21.3 Å². The van der Waals surface area contributed by atoms with E-state index >= 15 is 0 Å². The average molecular weight is 394 g/mol. The van der Waals surface area contributed by atoms with E-state index < -0.39 is 10.1 Å². The first-order chi connectivity index (χ1) is 10.7. The Morgan fingerprint density at radius 3 is 2.17 bits per heavy atom. The van der Waals surface area contributed by atoms with Crippen molar-refractivity contribution in [1.82, 2.24) is 0 Å². The largest absolute Gasteiger partial charge is 0.270 e. The van der Waals surface area contributed by atoms with E-state index in [4.69, 9.17) is 39.0 Å². The highest BCUT2D eigenvalue weighted by Crippen LogP contribution is 2.28. The molecule has 0 radical (unpaired) electrons. The van der Waals surface area contributed by atoms with Crippen molar-refractivity contribution in [3.8, 4) is 0 Å². The van der Waals surface area contributed by atoms with Gasteiger partial charge in [-0.15, -0.1) is 0 Å². The van der Waals surface area contributed by atoms with Crippen LogP contribution in [0, 0.1) is 0 Å². The molecule has 0 N–H and O–H groups in total. The Hall–Kier alpha value is -0.780. The van der Waals surface area contributed by atoms with Crippen LogP contribution < -0.4 is 0 Å². The predicted molar refractivity (Wildman–Crippen MR) is 95.2 cm³/mol. The van der Waals surface area contributed by atoms with Crippen molar-refractivity contribution in [2.75, 3.05) is 12.9 Å². The summed E-state index contributed by atoms with van der Waals surface area (Å²) in [5, 5.41) is 1.70. The van der Waals surface area contributed by atoms with E-state index in [0.717, 1.165) is 17.4 Å². The normalized spacial score (nSPS) is 13.0. The second-order valence-corrected chi connectivity index (χ2v) is 8.10. The number of halogens is 3. The zero-order valence-corrected chi connectivity index (χ0v) is 15.4. The van der Waals surface area contributed by atoms with Crippen LogP contribution in [0.1, 0.15) is 17.0 Å². The zero-order valence-electron chi connectivity index (χ0n) is 12.3. The third-order valence-corrected chi connectivity index (χ3v) is 4.71. The lowest BCUT2D eigenvalue weighted by Gasteiger charge is -2.18. The summed E-state index contributed by atoms with van der Waals surface area (Å²) in [6.45, 7) is 0.0272. The van der Waals surface area contributed by atoms with E-state index in [2.05, 4.69) is 0 Å². The lowest BCUT2D eigenvalue weighted by Crippen LogP contribution is -2.14. The Labute approximate surface area is 151 Å². The van der Waals surface area contributed by atoms with Gasteiger partial charge in [0, 0.05) is 21.0 Å². The monoisotopic (exact) mass is 392 g/mol. The number of hydrogen-bond acceptors (Lipinski definition) is 3. The fraction of sp³-hybridized carbons (Fsp3) is 0.250. The van der Waals surface area contributed by atoms with Gasteiger partial charge in [-0.25, -0.2) is 0 Å². The fourth-order valence-corrected chi connectivity index (χ4v) is 3.19.